The highest BCUT2D eigenvalue weighted by Crippen LogP contribution is 2.32. The lowest BCUT2D eigenvalue weighted by Gasteiger charge is -2.08. The van der Waals surface area contributed by atoms with Crippen LogP contribution in [0, 0.1) is 24.0 Å². The maximum absolute atomic E-state index is 11.0. The van der Waals surface area contributed by atoms with Gasteiger partial charge in [-0.15, -0.1) is 0 Å². The summed E-state index contributed by atoms with van der Waals surface area (Å²) in [5.74, 6) is 0.648. The number of ether oxygens (including phenoxy) is 1. The zero-order valence-corrected chi connectivity index (χ0v) is 11.1. The van der Waals surface area contributed by atoms with Gasteiger partial charge in [0.2, 0.25) is 5.75 Å². The van der Waals surface area contributed by atoms with Crippen LogP contribution in [0.5, 0.6) is 11.5 Å². The van der Waals surface area contributed by atoms with Crippen LogP contribution in [0.2, 0.25) is 0 Å². The molecule has 0 heterocycles. The van der Waals surface area contributed by atoms with Crippen LogP contribution in [-0.4, -0.2) is 11.2 Å². The molecule has 102 valence electrons. The summed E-state index contributed by atoms with van der Waals surface area (Å²) in [4.78, 5) is 21.2. The van der Waals surface area contributed by atoms with E-state index in [0.717, 1.165) is 17.4 Å². The van der Waals surface area contributed by atoms with E-state index in [-0.39, 0.29) is 11.4 Å². The number of aryl methyl sites for hydroxylation is 2. The summed E-state index contributed by atoms with van der Waals surface area (Å²) in [6, 6.07) is 9.60. The van der Waals surface area contributed by atoms with Crippen LogP contribution in [0.4, 0.5) is 5.69 Å². The summed E-state index contributed by atoms with van der Waals surface area (Å²) in [5, 5.41) is 11.0. The van der Waals surface area contributed by atoms with Gasteiger partial charge in [-0.3, -0.25) is 14.9 Å². The molecule has 0 fully saturated rings. The molecule has 0 unspecified atom stereocenters. The molecule has 0 N–H and O–H groups in total. The number of nitro groups is 1. The van der Waals surface area contributed by atoms with Gasteiger partial charge < -0.3 is 4.74 Å². The highest BCUT2D eigenvalue weighted by molar-refractivity contribution is 5.77. The first-order valence-corrected chi connectivity index (χ1v) is 6.00. The van der Waals surface area contributed by atoms with E-state index in [4.69, 9.17) is 4.74 Å². The fourth-order valence-electron chi connectivity index (χ4n) is 1.82. The molecule has 0 saturated carbocycles. The second-order valence-corrected chi connectivity index (χ2v) is 4.47. The first-order chi connectivity index (χ1) is 9.51. The molecular formula is C15H13NO4. The highest BCUT2D eigenvalue weighted by Gasteiger charge is 2.15. The van der Waals surface area contributed by atoms with Gasteiger partial charge >= 0.3 is 5.69 Å². The van der Waals surface area contributed by atoms with E-state index in [1.54, 1.807) is 37.3 Å². The van der Waals surface area contributed by atoms with Crippen LogP contribution in [0.25, 0.3) is 0 Å². The average Bonchev–Trinajstić information content (AvgIpc) is 2.38. The number of rotatable bonds is 4. The van der Waals surface area contributed by atoms with E-state index in [9.17, 15) is 14.9 Å². The van der Waals surface area contributed by atoms with Crippen molar-refractivity contribution in [2.24, 2.45) is 0 Å². The lowest BCUT2D eigenvalue weighted by molar-refractivity contribution is -0.385. The fraction of sp³-hybridized carbons (Fsp3) is 0.133. The molecule has 5 heteroatoms. The molecule has 0 aliphatic rings. The number of nitrogens with zero attached hydrogens (tertiary/aromatic N) is 1. The minimum atomic E-state index is -0.485. The van der Waals surface area contributed by atoms with Crippen LogP contribution in [0.15, 0.2) is 36.4 Å². The number of carbonyl (C=O) groups excluding carboxylic acids is 1. The van der Waals surface area contributed by atoms with Crippen molar-refractivity contribution in [3.63, 3.8) is 0 Å². The van der Waals surface area contributed by atoms with Gasteiger partial charge in [0, 0.05) is 11.6 Å². The minimum absolute atomic E-state index is 0.0901. The van der Waals surface area contributed by atoms with Gasteiger partial charge in [-0.05, 0) is 49.2 Å². The largest absolute Gasteiger partial charge is 0.450 e. The van der Waals surface area contributed by atoms with E-state index in [1.165, 1.54) is 6.07 Å². The van der Waals surface area contributed by atoms with Crippen LogP contribution in [-0.2, 0) is 0 Å². The van der Waals surface area contributed by atoms with Crippen molar-refractivity contribution in [3.8, 4) is 11.5 Å². The van der Waals surface area contributed by atoms with Crippen LogP contribution in [0.1, 0.15) is 21.5 Å². The SMILES string of the molecule is Cc1ccc([N+](=O)[O-])c(Oc2ccc(C=O)c(C)c2)c1. The minimum Gasteiger partial charge on any atom is -0.450 e. The monoisotopic (exact) mass is 271 g/mol. The van der Waals surface area contributed by atoms with E-state index >= 15 is 0 Å². The summed E-state index contributed by atoms with van der Waals surface area (Å²) >= 11 is 0. The molecule has 0 bridgehead atoms. The Balaban J connectivity index is 2.39. The third kappa shape index (κ3) is 2.83. The lowest BCUT2D eigenvalue weighted by atomic mass is 10.1. The van der Waals surface area contributed by atoms with Gasteiger partial charge in [0.25, 0.3) is 0 Å². The van der Waals surface area contributed by atoms with Crippen molar-refractivity contribution in [1.82, 2.24) is 0 Å². The zero-order valence-electron chi connectivity index (χ0n) is 11.1. The summed E-state index contributed by atoms with van der Waals surface area (Å²) in [7, 11) is 0. The van der Waals surface area contributed by atoms with Crippen LogP contribution >= 0.6 is 0 Å². The summed E-state index contributed by atoms with van der Waals surface area (Å²) in [6.07, 6.45) is 0.758. The molecule has 0 aliphatic heterocycles. The molecule has 2 rings (SSSR count). The molecule has 5 nitrogen and oxygen atoms in total. The number of benzene rings is 2. The standard InChI is InChI=1S/C15H13NO4/c1-10-3-6-14(16(18)19)15(7-10)20-13-5-4-12(9-17)11(2)8-13/h3-9H,1-2H3. The molecule has 0 aromatic heterocycles. The Morgan fingerprint density at radius 3 is 2.50 bits per heavy atom. The third-order valence-corrected chi connectivity index (χ3v) is 2.91. The van der Waals surface area contributed by atoms with Gasteiger partial charge in [0.15, 0.2) is 0 Å². The van der Waals surface area contributed by atoms with Crippen molar-refractivity contribution < 1.29 is 14.5 Å². The highest BCUT2D eigenvalue weighted by atomic mass is 16.6. The first-order valence-electron chi connectivity index (χ1n) is 6.00. The van der Waals surface area contributed by atoms with Crippen LogP contribution in [0.3, 0.4) is 0 Å². The lowest BCUT2D eigenvalue weighted by Crippen LogP contribution is -1.95. The molecule has 0 saturated heterocycles. The Morgan fingerprint density at radius 2 is 1.90 bits per heavy atom. The van der Waals surface area contributed by atoms with Crippen LogP contribution < -0.4 is 4.74 Å². The topological polar surface area (TPSA) is 69.4 Å². The Morgan fingerprint density at radius 1 is 1.15 bits per heavy atom. The predicted molar refractivity (Wildman–Crippen MR) is 74.5 cm³/mol. The predicted octanol–water partition coefficient (Wildman–Crippen LogP) is 3.82. The fourth-order valence-corrected chi connectivity index (χ4v) is 1.82. The number of carbonyl (C=O) groups is 1. The number of aldehydes is 1. The Labute approximate surface area is 116 Å². The average molecular weight is 271 g/mol. The maximum atomic E-state index is 11.0. The van der Waals surface area contributed by atoms with Gasteiger partial charge in [0.05, 0.1) is 4.92 Å². The molecule has 0 radical (unpaired) electrons. The molecule has 0 aliphatic carbocycles. The van der Waals surface area contributed by atoms with E-state index < -0.39 is 4.92 Å². The second kappa shape index (κ2) is 5.52. The van der Waals surface area contributed by atoms with Gasteiger partial charge in [-0.25, -0.2) is 0 Å². The zero-order chi connectivity index (χ0) is 14.7. The van der Waals surface area contributed by atoms with Crippen molar-refractivity contribution in [2.75, 3.05) is 0 Å². The number of hydrogen-bond acceptors (Lipinski definition) is 4. The van der Waals surface area contributed by atoms with Crippen molar-refractivity contribution in [3.05, 3.63) is 63.2 Å². The first kappa shape index (κ1) is 13.7. The van der Waals surface area contributed by atoms with Gasteiger partial charge in [-0.2, -0.15) is 0 Å². The van der Waals surface area contributed by atoms with E-state index in [0.29, 0.717) is 11.3 Å². The van der Waals surface area contributed by atoms with Crippen molar-refractivity contribution in [2.45, 2.75) is 13.8 Å². The van der Waals surface area contributed by atoms with Gasteiger partial charge in [0.1, 0.15) is 12.0 Å². The molecular weight excluding hydrogens is 258 g/mol. The molecule has 0 atom stereocenters. The molecule has 0 spiro atoms. The van der Waals surface area contributed by atoms with Crippen molar-refractivity contribution in [1.29, 1.82) is 0 Å². The Kier molecular flexibility index (Phi) is 3.79. The molecule has 2 aromatic carbocycles. The molecule has 2 aromatic rings. The third-order valence-electron chi connectivity index (χ3n) is 2.91. The van der Waals surface area contributed by atoms with Crippen molar-refractivity contribution >= 4 is 12.0 Å². The number of hydrogen-bond donors (Lipinski definition) is 0. The Bertz CT molecular complexity index is 680. The Hall–Kier alpha value is -2.69. The van der Waals surface area contributed by atoms with Gasteiger partial charge in [-0.1, -0.05) is 6.07 Å². The summed E-state index contributed by atoms with van der Waals surface area (Å²) in [5.41, 5.74) is 2.10. The molecule has 20 heavy (non-hydrogen) atoms. The van der Waals surface area contributed by atoms with E-state index in [2.05, 4.69) is 0 Å². The maximum Gasteiger partial charge on any atom is 0.311 e. The summed E-state index contributed by atoms with van der Waals surface area (Å²) < 4.78 is 5.57. The summed E-state index contributed by atoms with van der Waals surface area (Å²) in [6.45, 7) is 3.61. The van der Waals surface area contributed by atoms with E-state index in [1.807, 2.05) is 6.92 Å². The smallest absolute Gasteiger partial charge is 0.311 e. The number of nitro benzene ring substituents is 1. The quantitative estimate of drug-likeness (QED) is 0.481. The molecule has 0 amide bonds. The normalized spacial score (nSPS) is 10.1. The second-order valence-electron chi connectivity index (χ2n) is 4.47.